The normalized spacial score (nSPS) is 31.9. The second-order valence-corrected chi connectivity index (χ2v) is 24.1. The lowest BCUT2D eigenvalue weighted by Gasteiger charge is -2.64. The third-order valence-electron chi connectivity index (χ3n) is 17.2. The van der Waals surface area contributed by atoms with Crippen molar-refractivity contribution in [2.24, 2.45) is 46.3 Å². The van der Waals surface area contributed by atoms with Crippen LogP contribution in [-0.2, 0) is 42.8 Å². The first-order valence-corrected chi connectivity index (χ1v) is 26.5. The number of carbonyl (C=O) groups excluding carboxylic acids is 5. The molecule has 0 radical (unpaired) electrons. The van der Waals surface area contributed by atoms with E-state index in [2.05, 4.69) is 6.92 Å². The molecule has 8 rings (SSSR count). The highest BCUT2D eigenvalue weighted by Gasteiger charge is 2.68. The first-order chi connectivity index (χ1) is 35.2. The van der Waals surface area contributed by atoms with Crippen molar-refractivity contribution in [1.29, 1.82) is 0 Å². The van der Waals surface area contributed by atoms with Gasteiger partial charge in [0, 0.05) is 23.3 Å². The second-order valence-electron chi connectivity index (χ2n) is 24.1. The second kappa shape index (κ2) is 21.4. The zero-order valence-corrected chi connectivity index (χ0v) is 44.9. The fourth-order valence-electron chi connectivity index (χ4n) is 13.9. The topological polar surface area (TPSA) is 153 Å². The van der Waals surface area contributed by atoms with E-state index in [0.717, 1.165) is 0 Å². The minimum absolute atomic E-state index is 0.0908. The van der Waals surface area contributed by atoms with E-state index in [-0.39, 0.29) is 54.3 Å². The molecule has 3 aromatic carbocycles. The van der Waals surface area contributed by atoms with Crippen LogP contribution in [0.25, 0.3) is 0 Å². The highest BCUT2D eigenvalue weighted by Crippen LogP contribution is 2.69. The molecule has 0 unspecified atom stereocenters. The molecule has 408 valence electrons. The molecule has 3 aromatic rings. The summed E-state index contributed by atoms with van der Waals surface area (Å²) in [6.07, 6.45) is -7.33. The van der Waals surface area contributed by atoms with Gasteiger partial charge in [-0.2, -0.15) is 13.2 Å². The molecule has 1 aliphatic heterocycles. The zero-order valence-electron chi connectivity index (χ0n) is 44.9. The van der Waals surface area contributed by atoms with Gasteiger partial charge < -0.3 is 33.2 Å². The minimum atomic E-state index is -5.24. The Morgan fingerprint density at radius 1 is 0.747 bits per heavy atom. The van der Waals surface area contributed by atoms with E-state index in [1.54, 1.807) is 103 Å². The molecular formula is C59H74F3NO12. The van der Waals surface area contributed by atoms with Gasteiger partial charge in [-0.05, 0) is 158 Å². The number of methoxy groups -OCH3 is 1. The third-order valence-corrected chi connectivity index (χ3v) is 17.2. The number of benzene rings is 3. The lowest BCUT2D eigenvalue weighted by Crippen LogP contribution is -2.64. The molecule has 0 bridgehead atoms. The summed E-state index contributed by atoms with van der Waals surface area (Å²) in [6.45, 7) is 16.7. The fraction of sp³-hybridized carbons (Fsp3) is 0.610. The van der Waals surface area contributed by atoms with Gasteiger partial charge in [-0.1, -0.05) is 81.4 Å². The monoisotopic (exact) mass is 1050 g/mol. The molecular weight excluding hydrogens is 972 g/mol. The number of esters is 4. The maximum absolute atomic E-state index is 14.9. The number of amides is 1. The number of carbonyl (C=O) groups is 5. The predicted molar refractivity (Wildman–Crippen MR) is 270 cm³/mol. The van der Waals surface area contributed by atoms with Crippen LogP contribution in [0.15, 0.2) is 84.9 Å². The Labute approximate surface area is 438 Å². The average Bonchev–Trinajstić information content (AvgIpc) is 3.93. The fourth-order valence-corrected chi connectivity index (χ4v) is 13.9. The third kappa shape index (κ3) is 11.7. The van der Waals surface area contributed by atoms with Crippen molar-refractivity contribution in [2.45, 2.75) is 174 Å². The summed E-state index contributed by atoms with van der Waals surface area (Å²) in [6, 6.07) is 23.8. The van der Waals surface area contributed by atoms with Crippen LogP contribution in [0.5, 0.6) is 5.75 Å². The molecule has 1 amide bonds. The Morgan fingerprint density at radius 3 is 2.00 bits per heavy atom. The number of ether oxygens (including phenoxy) is 7. The summed E-state index contributed by atoms with van der Waals surface area (Å²) in [7, 11) is 1.55. The van der Waals surface area contributed by atoms with E-state index >= 15 is 0 Å². The molecule has 1 saturated heterocycles. The summed E-state index contributed by atoms with van der Waals surface area (Å²) in [5.41, 5.74) is -1.58. The van der Waals surface area contributed by atoms with E-state index in [0.29, 0.717) is 67.4 Å². The number of hydrogen-bond donors (Lipinski definition) is 0. The number of halogens is 3. The first-order valence-electron chi connectivity index (χ1n) is 26.5. The summed E-state index contributed by atoms with van der Waals surface area (Å²) in [5.74, 6) is -4.91. The molecule has 5 aliphatic rings. The van der Waals surface area contributed by atoms with Crippen LogP contribution >= 0.6 is 0 Å². The number of hydrogen-bond acceptors (Lipinski definition) is 12. The van der Waals surface area contributed by atoms with Crippen LogP contribution in [-0.4, -0.2) is 83.8 Å². The van der Waals surface area contributed by atoms with E-state index in [4.69, 9.17) is 33.2 Å². The largest absolute Gasteiger partial charge is 0.497 e. The summed E-state index contributed by atoms with van der Waals surface area (Å²) in [5, 5.41) is 0. The van der Waals surface area contributed by atoms with Gasteiger partial charge in [-0.25, -0.2) is 19.2 Å². The van der Waals surface area contributed by atoms with Gasteiger partial charge in [0.05, 0.1) is 12.7 Å². The standard InChI is InChI=1S/C59H74F3NO12/c1-34(21-28-46(64)74-55(2,3)4)41-26-27-42-47-43(33-45(58(41,42)9)72-53(67)59(60,61)62)57(8)30-29-40(31-38(57)32-44(47)71-51(65)37-19-15-12-16-20-37)70-52(66)49-48(35-17-13-11-14-18-35)63(54(68)75-56(5,6)7)50(73-49)36-22-24-39(69-10)25-23-36/h11-20,22-25,34,38,40-45,47-50H,21,26-33H2,1-10H3/t34-,38+,40-,41-,42+,43+,44-,45+,47+,48-,49+,50+,57+,58-/m1/s1. The molecule has 4 saturated carbocycles. The average molecular weight is 1050 g/mol. The Balaban J connectivity index is 1.11. The Bertz CT molecular complexity index is 2530. The minimum Gasteiger partial charge on any atom is -0.497 e. The SMILES string of the molecule is COc1ccc([C@@H]2O[C@H](C(=O)O[C@@H]3CC[C@@]4(C)[C@@H](C3)C[C@@H](OC(=O)c3ccccc3)[C@@H]3[C@@H]4C[C@H](OC(=O)C(F)(F)F)[C@]4(C)[C@@H]([C@H](C)CCC(=O)OC(C)(C)C)CC[C@@H]34)[C@@H](c3ccccc3)N2C(=O)OC(C)(C)C)cc1. The van der Waals surface area contributed by atoms with Crippen molar-refractivity contribution in [3.8, 4) is 5.75 Å². The Morgan fingerprint density at radius 2 is 1.39 bits per heavy atom. The Hall–Kier alpha value is -5.64. The number of rotatable bonds is 12. The summed E-state index contributed by atoms with van der Waals surface area (Å²) in [4.78, 5) is 70.8. The molecule has 0 spiro atoms. The van der Waals surface area contributed by atoms with Crippen molar-refractivity contribution in [1.82, 2.24) is 4.90 Å². The van der Waals surface area contributed by atoms with Gasteiger partial charge in [0.15, 0.2) is 12.3 Å². The molecule has 1 heterocycles. The maximum Gasteiger partial charge on any atom is 0.490 e. The van der Waals surface area contributed by atoms with Gasteiger partial charge in [-0.15, -0.1) is 0 Å². The van der Waals surface area contributed by atoms with Crippen molar-refractivity contribution in [2.75, 3.05) is 7.11 Å². The predicted octanol–water partition coefficient (Wildman–Crippen LogP) is 12.3. The van der Waals surface area contributed by atoms with Crippen molar-refractivity contribution < 1.29 is 70.3 Å². The first kappa shape index (κ1) is 55.6. The van der Waals surface area contributed by atoms with E-state index in [9.17, 15) is 37.1 Å². The number of nitrogens with zero attached hydrogens (tertiary/aromatic N) is 1. The van der Waals surface area contributed by atoms with Gasteiger partial charge >= 0.3 is 36.1 Å². The highest BCUT2D eigenvalue weighted by atomic mass is 19.4. The summed E-state index contributed by atoms with van der Waals surface area (Å²) >= 11 is 0. The van der Waals surface area contributed by atoms with Crippen LogP contribution in [0, 0.1) is 46.3 Å². The number of alkyl halides is 3. The summed E-state index contributed by atoms with van der Waals surface area (Å²) < 4.78 is 85.3. The van der Waals surface area contributed by atoms with E-state index in [1.807, 2.05) is 44.2 Å². The van der Waals surface area contributed by atoms with E-state index < -0.39 is 88.9 Å². The van der Waals surface area contributed by atoms with E-state index in [1.165, 1.54) is 4.90 Å². The molecule has 4 aliphatic carbocycles. The van der Waals surface area contributed by atoms with Crippen LogP contribution in [0.1, 0.15) is 154 Å². The highest BCUT2D eigenvalue weighted by molar-refractivity contribution is 5.89. The molecule has 75 heavy (non-hydrogen) atoms. The quantitative estimate of drug-likeness (QED) is 0.125. The molecule has 0 N–H and O–H groups in total. The van der Waals surface area contributed by atoms with Gasteiger partial charge in [0.2, 0.25) is 0 Å². The molecule has 5 fully saturated rings. The lowest BCUT2D eigenvalue weighted by atomic mass is 9.43. The number of fused-ring (bicyclic) bond motifs is 5. The lowest BCUT2D eigenvalue weighted by molar-refractivity contribution is -0.239. The molecule has 16 heteroatoms. The molecule has 13 nitrogen and oxygen atoms in total. The van der Waals surface area contributed by atoms with Gasteiger partial charge in [0.25, 0.3) is 0 Å². The van der Waals surface area contributed by atoms with Gasteiger partial charge in [0.1, 0.15) is 41.3 Å². The van der Waals surface area contributed by atoms with Gasteiger partial charge in [-0.3, -0.25) is 9.69 Å². The van der Waals surface area contributed by atoms with Crippen LogP contribution < -0.4 is 4.74 Å². The van der Waals surface area contributed by atoms with Crippen LogP contribution in [0.2, 0.25) is 0 Å². The molecule has 0 aromatic heterocycles. The van der Waals surface area contributed by atoms with Crippen molar-refractivity contribution in [3.63, 3.8) is 0 Å². The van der Waals surface area contributed by atoms with Crippen LogP contribution in [0.3, 0.4) is 0 Å². The smallest absolute Gasteiger partial charge is 0.490 e. The zero-order chi connectivity index (χ0) is 54.4. The van der Waals surface area contributed by atoms with Crippen molar-refractivity contribution in [3.05, 3.63) is 102 Å². The van der Waals surface area contributed by atoms with Crippen LogP contribution in [0.4, 0.5) is 18.0 Å². The molecule has 14 atom stereocenters. The van der Waals surface area contributed by atoms with Crippen molar-refractivity contribution >= 4 is 30.0 Å². The maximum atomic E-state index is 14.9. The Kier molecular flexibility index (Phi) is 15.9.